The van der Waals surface area contributed by atoms with Crippen molar-refractivity contribution in [3.05, 3.63) is 0 Å². The molecule has 1 amide bonds. The second-order valence-electron chi connectivity index (χ2n) is 6.53. The summed E-state index contributed by atoms with van der Waals surface area (Å²) >= 11 is 0. The van der Waals surface area contributed by atoms with Crippen LogP contribution < -0.4 is 11.5 Å². The van der Waals surface area contributed by atoms with Gasteiger partial charge in [0.2, 0.25) is 5.91 Å². The fourth-order valence-corrected chi connectivity index (χ4v) is 3.93. The molecule has 0 bridgehead atoms. The third kappa shape index (κ3) is 3.29. The highest BCUT2D eigenvalue weighted by molar-refractivity contribution is 5.85. The van der Waals surface area contributed by atoms with Crippen LogP contribution in [0.3, 0.4) is 0 Å². The van der Waals surface area contributed by atoms with E-state index in [-0.39, 0.29) is 11.8 Å². The van der Waals surface area contributed by atoms with E-state index in [2.05, 4.69) is 11.8 Å². The zero-order valence-corrected chi connectivity index (χ0v) is 12.2. The molecule has 1 saturated carbocycles. The predicted molar refractivity (Wildman–Crippen MR) is 77.5 cm³/mol. The molecule has 1 aliphatic carbocycles. The summed E-state index contributed by atoms with van der Waals surface area (Å²) < 4.78 is 0. The quantitative estimate of drug-likeness (QED) is 0.765. The van der Waals surface area contributed by atoms with Gasteiger partial charge in [-0.3, -0.25) is 4.79 Å². The van der Waals surface area contributed by atoms with Crippen molar-refractivity contribution in [1.29, 1.82) is 0 Å². The van der Waals surface area contributed by atoms with Crippen LogP contribution in [0.2, 0.25) is 0 Å². The molecule has 1 aliphatic heterocycles. The van der Waals surface area contributed by atoms with Crippen molar-refractivity contribution >= 4 is 5.91 Å². The highest BCUT2D eigenvalue weighted by atomic mass is 16.1. The van der Waals surface area contributed by atoms with Crippen LogP contribution >= 0.6 is 0 Å². The number of amides is 1. The fraction of sp³-hybridized carbons (Fsp3) is 0.933. The third-order valence-electron chi connectivity index (χ3n) is 5.19. The van der Waals surface area contributed by atoms with Crippen LogP contribution in [0.1, 0.15) is 51.9 Å². The molecule has 0 aromatic carbocycles. The molecule has 1 saturated heterocycles. The molecule has 2 fully saturated rings. The van der Waals surface area contributed by atoms with E-state index in [1.807, 2.05) is 0 Å². The van der Waals surface area contributed by atoms with Crippen molar-refractivity contribution in [2.45, 2.75) is 57.4 Å². The van der Waals surface area contributed by atoms with Gasteiger partial charge in [0.15, 0.2) is 0 Å². The summed E-state index contributed by atoms with van der Waals surface area (Å²) in [6, 6.07) is 0. The lowest BCUT2D eigenvalue weighted by Gasteiger charge is -2.29. The molecule has 4 nitrogen and oxygen atoms in total. The molecule has 19 heavy (non-hydrogen) atoms. The zero-order chi connectivity index (χ0) is 13.9. The number of carbonyl (C=O) groups is 1. The predicted octanol–water partition coefficient (Wildman–Crippen LogP) is 1.48. The summed E-state index contributed by atoms with van der Waals surface area (Å²) in [6.07, 6.45) is 7.87. The van der Waals surface area contributed by atoms with Gasteiger partial charge in [-0.05, 0) is 57.0 Å². The van der Waals surface area contributed by atoms with Gasteiger partial charge in [-0.15, -0.1) is 0 Å². The van der Waals surface area contributed by atoms with Crippen LogP contribution in [0.15, 0.2) is 0 Å². The average Bonchev–Trinajstić information content (AvgIpc) is 2.95. The van der Waals surface area contributed by atoms with Gasteiger partial charge >= 0.3 is 0 Å². The molecule has 3 unspecified atom stereocenters. The molecular formula is C15H29N3O. The summed E-state index contributed by atoms with van der Waals surface area (Å²) in [5.41, 5.74) is 11.0. The Morgan fingerprint density at radius 2 is 2.16 bits per heavy atom. The van der Waals surface area contributed by atoms with Crippen LogP contribution in [0.4, 0.5) is 0 Å². The summed E-state index contributed by atoms with van der Waals surface area (Å²) in [5.74, 6) is 0.864. The van der Waals surface area contributed by atoms with Crippen molar-refractivity contribution < 1.29 is 4.79 Å². The molecule has 4 N–H and O–H groups in total. The van der Waals surface area contributed by atoms with Gasteiger partial charge in [0.05, 0.1) is 5.54 Å². The summed E-state index contributed by atoms with van der Waals surface area (Å²) in [5, 5.41) is 0. The van der Waals surface area contributed by atoms with Crippen LogP contribution in [-0.2, 0) is 4.79 Å². The lowest BCUT2D eigenvalue weighted by Crippen LogP contribution is -2.55. The van der Waals surface area contributed by atoms with Gasteiger partial charge in [-0.2, -0.15) is 0 Å². The number of likely N-dealkylation sites (tertiary alicyclic amines) is 1. The average molecular weight is 267 g/mol. The Hall–Kier alpha value is -0.610. The molecule has 2 aliphatic rings. The second-order valence-corrected chi connectivity index (χ2v) is 6.53. The monoisotopic (exact) mass is 267 g/mol. The van der Waals surface area contributed by atoms with Gasteiger partial charge in [0.1, 0.15) is 0 Å². The standard InChI is InChI=1S/C15H29N3O/c1-2-4-12-6-9-18(11-12)10-7-13-5-3-8-15(13,17)14(16)19/h12-13H,2-11,17H2,1H3,(H2,16,19). The Kier molecular flexibility index (Phi) is 4.85. The maximum absolute atomic E-state index is 11.6. The molecule has 1 heterocycles. The minimum atomic E-state index is -0.734. The number of hydrogen-bond acceptors (Lipinski definition) is 3. The van der Waals surface area contributed by atoms with Gasteiger partial charge in [0.25, 0.3) is 0 Å². The third-order valence-corrected chi connectivity index (χ3v) is 5.19. The number of rotatable bonds is 6. The number of nitrogens with zero attached hydrogens (tertiary/aromatic N) is 1. The normalized spacial score (nSPS) is 35.9. The molecular weight excluding hydrogens is 238 g/mol. The lowest BCUT2D eigenvalue weighted by molar-refractivity contribution is -0.124. The molecule has 3 atom stereocenters. The molecule has 110 valence electrons. The maximum atomic E-state index is 11.6. The Morgan fingerprint density at radius 1 is 1.37 bits per heavy atom. The molecule has 4 heteroatoms. The number of carbonyl (C=O) groups excluding carboxylic acids is 1. The van der Waals surface area contributed by atoms with Gasteiger partial charge < -0.3 is 16.4 Å². The van der Waals surface area contributed by atoms with Gasteiger partial charge in [-0.1, -0.05) is 19.8 Å². The second kappa shape index (κ2) is 6.23. The topological polar surface area (TPSA) is 72.3 Å². The van der Waals surface area contributed by atoms with Crippen LogP contribution in [0, 0.1) is 11.8 Å². The SMILES string of the molecule is CCCC1CCN(CCC2CCCC2(N)C(N)=O)C1. The Bertz CT molecular complexity index is 321. The first-order valence-corrected chi connectivity index (χ1v) is 7.87. The van der Waals surface area contributed by atoms with Crippen molar-refractivity contribution in [2.75, 3.05) is 19.6 Å². The summed E-state index contributed by atoms with van der Waals surface area (Å²) in [6.45, 7) is 5.79. The highest BCUT2D eigenvalue weighted by Gasteiger charge is 2.44. The van der Waals surface area contributed by atoms with E-state index in [1.165, 1.54) is 32.4 Å². The van der Waals surface area contributed by atoms with Crippen molar-refractivity contribution in [2.24, 2.45) is 23.3 Å². The van der Waals surface area contributed by atoms with Crippen molar-refractivity contribution in [1.82, 2.24) is 4.90 Å². The first-order chi connectivity index (χ1) is 9.06. The van der Waals surface area contributed by atoms with E-state index >= 15 is 0 Å². The fourth-order valence-electron chi connectivity index (χ4n) is 3.93. The Balaban J connectivity index is 1.78. The van der Waals surface area contributed by atoms with Crippen molar-refractivity contribution in [3.63, 3.8) is 0 Å². The maximum Gasteiger partial charge on any atom is 0.237 e. The first kappa shape index (κ1) is 14.8. The summed E-state index contributed by atoms with van der Waals surface area (Å²) in [4.78, 5) is 14.1. The van der Waals surface area contributed by atoms with Gasteiger partial charge in [0, 0.05) is 6.54 Å². The highest BCUT2D eigenvalue weighted by Crippen LogP contribution is 2.36. The number of nitrogens with two attached hydrogens (primary N) is 2. The number of hydrogen-bond donors (Lipinski definition) is 2. The summed E-state index contributed by atoms with van der Waals surface area (Å²) in [7, 11) is 0. The molecule has 0 radical (unpaired) electrons. The largest absolute Gasteiger partial charge is 0.368 e. The van der Waals surface area contributed by atoms with E-state index in [1.54, 1.807) is 0 Å². The van der Waals surface area contributed by atoms with Crippen LogP contribution in [0.5, 0.6) is 0 Å². The van der Waals surface area contributed by atoms with E-state index in [0.717, 1.165) is 38.1 Å². The Morgan fingerprint density at radius 3 is 2.84 bits per heavy atom. The molecule has 2 rings (SSSR count). The van der Waals surface area contributed by atoms with E-state index < -0.39 is 5.54 Å². The first-order valence-electron chi connectivity index (χ1n) is 7.87. The van der Waals surface area contributed by atoms with Crippen LogP contribution in [-0.4, -0.2) is 36.0 Å². The van der Waals surface area contributed by atoms with Crippen LogP contribution in [0.25, 0.3) is 0 Å². The van der Waals surface area contributed by atoms with Crippen molar-refractivity contribution in [3.8, 4) is 0 Å². The minimum absolute atomic E-state index is 0.287. The Labute approximate surface area is 116 Å². The lowest BCUT2D eigenvalue weighted by atomic mass is 9.85. The molecule has 0 spiro atoms. The minimum Gasteiger partial charge on any atom is -0.368 e. The molecule has 0 aromatic heterocycles. The molecule has 0 aromatic rings. The van der Waals surface area contributed by atoms with Gasteiger partial charge in [-0.25, -0.2) is 0 Å². The van der Waals surface area contributed by atoms with E-state index in [0.29, 0.717) is 0 Å². The zero-order valence-electron chi connectivity index (χ0n) is 12.2. The smallest absolute Gasteiger partial charge is 0.237 e. The van der Waals surface area contributed by atoms with E-state index in [4.69, 9.17) is 11.5 Å². The number of primary amides is 1. The van der Waals surface area contributed by atoms with E-state index in [9.17, 15) is 4.79 Å².